The van der Waals surface area contributed by atoms with Crippen LogP contribution in [0.25, 0.3) is 0 Å². The summed E-state index contributed by atoms with van der Waals surface area (Å²) in [5.74, 6) is -2.56. The average molecular weight is 616 g/mol. The van der Waals surface area contributed by atoms with Gasteiger partial charge in [-0.2, -0.15) is 0 Å². The van der Waals surface area contributed by atoms with Crippen molar-refractivity contribution in [3.8, 4) is 11.5 Å². The number of rotatable bonds is 10. The molecule has 1 unspecified atom stereocenters. The van der Waals surface area contributed by atoms with Crippen LogP contribution in [0.4, 0.5) is 15.8 Å². The van der Waals surface area contributed by atoms with Gasteiger partial charge in [0.25, 0.3) is 17.6 Å². The second-order valence-electron chi connectivity index (χ2n) is 9.90. The van der Waals surface area contributed by atoms with Crippen LogP contribution in [0.15, 0.2) is 91.0 Å². The SMILES string of the molecule is COc1ccc(NC(=O)C(c2ccc(F)cc2)N(Cc2ccc(Cl)cc2)C(=O)CN2C(=O)C(=O)c3ccccc32)c(OC)c1. The lowest BCUT2D eigenvalue weighted by atomic mass is 10.0. The minimum Gasteiger partial charge on any atom is -0.497 e. The van der Waals surface area contributed by atoms with Gasteiger partial charge < -0.3 is 19.7 Å². The summed E-state index contributed by atoms with van der Waals surface area (Å²) in [6.45, 7) is -0.602. The Labute approximate surface area is 257 Å². The third kappa shape index (κ3) is 6.25. The maximum absolute atomic E-state index is 14.2. The molecule has 0 fully saturated rings. The van der Waals surface area contributed by atoms with Gasteiger partial charge in [-0.05, 0) is 59.7 Å². The molecule has 0 aromatic heterocycles. The molecule has 1 aliphatic rings. The van der Waals surface area contributed by atoms with Crippen LogP contribution in [-0.2, 0) is 20.9 Å². The topological polar surface area (TPSA) is 105 Å². The molecule has 0 bridgehead atoms. The molecule has 4 aromatic rings. The number of fused-ring (bicyclic) bond motifs is 1. The number of amides is 3. The molecule has 44 heavy (non-hydrogen) atoms. The molecule has 3 amide bonds. The summed E-state index contributed by atoms with van der Waals surface area (Å²) in [5, 5.41) is 3.29. The lowest BCUT2D eigenvalue weighted by molar-refractivity contribution is -0.139. The highest BCUT2D eigenvalue weighted by Crippen LogP contribution is 2.33. The van der Waals surface area contributed by atoms with Gasteiger partial charge in [0, 0.05) is 17.6 Å². The molecule has 11 heteroatoms. The molecule has 0 saturated heterocycles. The lowest BCUT2D eigenvalue weighted by Gasteiger charge is -2.33. The number of anilines is 2. The summed E-state index contributed by atoms with van der Waals surface area (Å²) < 4.78 is 24.7. The maximum Gasteiger partial charge on any atom is 0.299 e. The molecule has 0 saturated carbocycles. The number of Topliss-reactive ketones (excluding diaryl/α,β-unsaturated/α-hetero) is 1. The molecule has 0 spiro atoms. The van der Waals surface area contributed by atoms with Crippen molar-refractivity contribution in [2.75, 3.05) is 31.0 Å². The molecule has 0 radical (unpaired) electrons. The highest BCUT2D eigenvalue weighted by Gasteiger charge is 2.39. The van der Waals surface area contributed by atoms with Crippen molar-refractivity contribution in [2.45, 2.75) is 12.6 Å². The summed E-state index contributed by atoms with van der Waals surface area (Å²) in [5.41, 5.74) is 1.73. The number of para-hydroxylation sites is 1. The molecule has 1 heterocycles. The molecule has 1 aliphatic heterocycles. The number of halogens is 2. The Balaban J connectivity index is 1.56. The Hall–Kier alpha value is -5.22. The number of methoxy groups -OCH3 is 2. The van der Waals surface area contributed by atoms with Crippen LogP contribution in [-0.4, -0.2) is 49.2 Å². The van der Waals surface area contributed by atoms with E-state index >= 15 is 0 Å². The zero-order chi connectivity index (χ0) is 31.4. The first-order valence-electron chi connectivity index (χ1n) is 13.5. The van der Waals surface area contributed by atoms with Crippen molar-refractivity contribution in [3.63, 3.8) is 0 Å². The van der Waals surface area contributed by atoms with Crippen molar-refractivity contribution >= 4 is 46.5 Å². The number of ether oxygens (including phenoxy) is 2. The van der Waals surface area contributed by atoms with E-state index in [0.29, 0.717) is 39.0 Å². The van der Waals surface area contributed by atoms with Crippen molar-refractivity contribution in [3.05, 3.63) is 119 Å². The summed E-state index contributed by atoms with van der Waals surface area (Å²) in [4.78, 5) is 56.2. The van der Waals surface area contributed by atoms with E-state index in [4.69, 9.17) is 21.1 Å². The number of nitrogens with one attached hydrogen (secondary N) is 1. The fourth-order valence-electron chi connectivity index (χ4n) is 4.96. The largest absolute Gasteiger partial charge is 0.497 e. The second kappa shape index (κ2) is 13.0. The fraction of sp³-hybridized carbons (Fsp3) is 0.152. The van der Waals surface area contributed by atoms with Crippen LogP contribution < -0.4 is 19.7 Å². The van der Waals surface area contributed by atoms with Gasteiger partial charge in [0.2, 0.25) is 5.91 Å². The molecule has 5 rings (SSSR count). The van der Waals surface area contributed by atoms with E-state index in [2.05, 4.69) is 5.32 Å². The Kier molecular flexibility index (Phi) is 8.91. The van der Waals surface area contributed by atoms with Gasteiger partial charge >= 0.3 is 0 Å². The minimum atomic E-state index is -1.30. The Bertz CT molecular complexity index is 1730. The van der Waals surface area contributed by atoms with Gasteiger partial charge in [0.05, 0.1) is 31.2 Å². The zero-order valence-electron chi connectivity index (χ0n) is 23.8. The van der Waals surface area contributed by atoms with E-state index in [9.17, 15) is 23.6 Å². The van der Waals surface area contributed by atoms with Crippen LogP contribution in [0.1, 0.15) is 27.5 Å². The average Bonchev–Trinajstić information content (AvgIpc) is 3.27. The van der Waals surface area contributed by atoms with Crippen molar-refractivity contribution in [2.24, 2.45) is 0 Å². The van der Waals surface area contributed by atoms with Crippen LogP contribution >= 0.6 is 11.6 Å². The number of hydrogen-bond donors (Lipinski definition) is 1. The summed E-state index contributed by atoms with van der Waals surface area (Å²) in [6.07, 6.45) is 0. The van der Waals surface area contributed by atoms with E-state index in [0.717, 1.165) is 4.90 Å². The molecule has 0 aliphatic carbocycles. The quantitative estimate of drug-likeness (QED) is 0.238. The van der Waals surface area contributed by atoms with Crippen molar-refractivity contribution < 1.29 is 33.0 Å². The summed E-state index contributed by atoms with van der Waals surface area (Å²) in [7, 11) is 2.93. The van der Waals surface area contributed by atoms with Crippen LogP contribution in [0.2, 0.25) is 5.02 Å². The first kappa shape index (κ1) is 30.2. The predicted molar refractivity (Wildman–Crippen MR) is 162 cm³/mol. The van der Waals surface area contributed by atoms with Crippen LogP contribution in [0.5, 0.6) is 11.5 Å². The second-order valence-corrected chi connectivity index (χ2v) is 10.3. The molecule has 224 valence electrons. The van der Waals surface area contributed by atoms with E-state index in [-0.39, 0.29) is 12.1 Å². The minimum absolute atomic E-state index is 0.0805. The molecule has 4 aromatic carbocycles. The Morgan fingerprint density at radius 2 is 1.64 bits per heavy atom. The lowest BCUT2D eigenvalue weighted by Crippen LogP contribution is -2.46. The first-order chi connectivity index (χ1) is 21.2. The fourth-order valence-corrected chi connectivity index (χ4v) is 5.09. The van der Waals surface area contributed by atoms with E-state index < -0.39 is 41.9 Å². The van der Waals surface area contributed by atoms with Gasteiger partial charge in [0.15, 0.2) is 0 Å². The van der Waals surface area contributed by atoms with Crippen molar-refractivity contribution in [1.29, 1.82) is 0 Å². The summed E-state index contributed by atoms with van der Waals surface area (Å²) >= 11 is 6.09. The van der Waals surface area contributed by atoms with E-state index in [1.54, 1.807) is 60.7 Å². The zero-order valence-corrected chi connectivity index (χ0v) is 24.5. The van der Waals surface area contributed by atoms with Gasteiger partial charge in [-0.25, -0.2) is 4.39 Å². The third-order valence-electron chi connectivity index (χ3n) is 7.17. The monoisotopic (exact) mass is 615 g/mol. The number of carbonyl (C=O) groups excluding carboxylic acids is 4. The maximum atomic E-state index is 14.2. The van der Waals surface area contributed by atoms with Gasteiger partial charge in [0.1, 0.15) is 29.9 Å². The number of ketones is 1. The van der Waals surface area contributed by atoms with Crippen LogP contribution in [0.3, 0.4) is 0 Å². The highest BCUT2D eigenvalue weighted by molar-refractivity contribution is 6.52. The standard InChI is InChI=1S/C33H27ClFN3O6/c1-43-24-15-16-26(28(17-24)44-2)36-32(41)30(21-9-13-23(35)14-10-21)38(18-20-7-11-22(34)12-8-20)29(39)19-37-27-6-4-3-5-25(27)31(40)33(37)42/h3-17,30H,18-19H2,1-2H3,(H,36,41). The number of hydrogen-bond acceptors (Lipinski definition) is 6. The first-order valence-corrected chi connectivity index (χ1v) is 13.9. The van der Waals surface area contributed by atoms with E-state index in [1.165, 1.54) is 49.5 Å². The van der Waals surface area contributed by atoms with Gasteiger partial charge in [-0.15, -0.1) is 0 Å². The van der Waals surface area contributed by atoms with E-state index in [1.807, 2.05) is 0 Å². The highest BCUT2D eigenvalue weighted by atomic mass is 35.5. The number of benzene rings is 4. The normalized spacial score (nSPS) is 12.9. The third-order valence-corrected chi connectivity index (χ3v) is 7.42. The molecule has 1 N–H and O–H groups in total. The molecular weight excluding hydrogens is 589 g/mol. The van der Waals surface area contributed by atoms with Crippen LogP contribution in [0, 0.1) is 5.82 Å². The Morgan fingerprint density at radius 1 is 0.932 bits per heavy atom. The summed E-state index contributed by atoms with van der Waals surface area (Å²) in [6, 6.07) is 21.8. The number of nitrogens with zero attached hydrogens (tertiary/aromatic N) is 2. The number of carbonyl (C=O) groups is 4. The smallest absolute Gasteiger partial charge is 0.299 e. The molecule has 1 atom stereocenters. The van der Waals surface area contributed by atoms with Gasteiger partial charge in [-0.3, -0.25) is 24.1 Å². The Morgan fingerprint density at radius 3 is 2.32 bits per heavy atom. The van der Waals surface area contributed by atoms with Crippen molar-refractivity contribution in [1.82, 2.24) is 4.90 Å². The molecule has 9 nitrogen and oxygen atoms in total. The predicted octanol–water partition coefficient (Wildman–Crippen LogP) is 5.43. The van der Waals surface area contributed by atoms with Gasteiger partial charge in [-0.1, -0.05) is 48.0 Å². The molecular formula is C33H27ClFN3O6.